The molecule has 0 saturated carbocycles. The van der Waals surface area contributed by atoms with Crippen molar-refractivity contribution in [2.75, 3.05) is 31.2 Å². The number of rotatable bonds is 6. The molecule has 0 atom stereocenters. The number of anilines is 1. The third kappa shape index (κ3) is 4.67. The minimum absolute atomic E-state index is 0.103. The maximum absolute atomic E-state index is 12.4. The van der Waals surface area contributed by atoms with Gasteiger partial charge in [0.25, 0.3) is 5.56 Å². The molecule has 1 aliphatic heterocycles. The zero-order valence-corrected chi connectivity index (χ0v) is 15.8. The lowest BCUT2D eigenvalue weighted by atomic mass is 10.1. The lowest BCUT2D eigenvalue weighted by Crippen LogP contribution is -2.38. The van der Waals surface area contributed by atoms with E-state index in [0.29, 0.717) is 56.5 Å². The smallest absolute Gasteiger partial charge is 0.255 e. The zero-order chi connectivity index (χ0) is 18.5. The summed E-state index contributed by atoms with van der Waals surface area (Å²) in [6.45, 7) is 6.82. The van der Waals surface area contributed by atoms with Gasteiger partial charge in [-0.05, 0) is 20.3 Å². The average Bonchev–Trinajstić information content (AvgIpc) is 3.05. The number of aromatic amines is 1. The number of aromatic nitrogens is 3. The maximum atomic E-state index is 12.4. The molecule has 0 radical (unpaired) electrons. The summed E-state index contributed by atoms with van der Waals surface area (Å²) >= 11 is 1.52. The third-order valence-corrected chi connectivity index (χ3v) is 5.19. The van der Waals surface area contributed by atoms with Crippen molar-refractivity contribution in [1.82, 2.24) is 20.3 Å². The summed E-state index contributed by atoms with van der Waals surface area (Å²) in [6, 6.07) is 0. The monoisotopic (exact) mass is 377 g/mol. The minimum Gasteiger partial charge on any atom is -0.378 e. The highest BCUT2D eigenvalue weighted by Crippen LogP contribution is 2.12. The van der Waals surface area contributed by atoms with Crippen molar-refractivity contribution in [3.63, 3.8) is 0 Å². The number of thiazole rings is 1. The van der Waals surface area contributed by atoms with Gasteiger partial charge in [0.15, 0.2) is 0 Å². The molecule has 140 valence electrons. The number of ether oxygens (including phenoxy) is 1. The Labute approximate surface area is 155 Å². The molecule has 0 aliphatic carbocycles. The molecule has 3 heterocycles. The van der Waals surface area contributed by atoms with Crippen molar-refractivity contribution < 1.29 is 9.53 Å². The molecule has 1 amide bonds. The SMILES string of the molecule is Cc1csc(CNC(=O)CCc2c(C)nc(N3CCOCC3)[nH]c2=O)n1. The lowest BCUT2D eigenvalue weighted by Gasteiger charge is -2.27. The number of H-pyrrole nitrogens is 1. The van der Waals surface area contributed by atoms with Crippen LogP contribution in [0.2, 0.25) is 0 Å². The largest absolute Gasteiger partial charge is 0.378 e. The molecule has 9 heteroatoms. The molecule has 1 saturated heterocycles. The molecule has 0 bridgehead atoms. The van der Waals surface area contributed by atoms with Crippen LogP contribution in [0.4, 0.5) is 5.95 Å². The summed E-state index contributed by atoms with van der Waals surface area (Å²) in [4.78, 5) is 38.1. The summed E-state index contributed by atoms with van der Waals surface area (Å²) in [5, 5.41) is 5.67. The molecule has 2 aromatic heterocycles. The molecule has 2 N–H and O–H groups in total. The number of hydrogen-bond donors (Lipinski definition) is 2. The molecular formula is C17H23N5O3S. The first-order chi connectivity index (χ1) is 12.5. The van der Waals surface area contributed by atoms with E-state index in [1.165, 1.54) is 11.3 Å². The van der Waals surface area contributed by atoms with Gasteiger partial charge in [0, 0.05) is 41.8 Å². The minimum atomic E-state index is -0.178. The number of nitrogens with zero attached hydrogens (tertiary/aromatic N) is 3. The number of morpholine rings is 1. The number of amides is 1. The normalized spacial score (nSPS) is 14.5. The van der Waals surface area contributed by atoms with Gasteiger partial charge in [-0.25, -0.2) is 9.97 Å². The molecule has 1 fully saturated rings. The molecular weight excluding hydrogens is 354 g/mol. The second-order valence-electron chi connectivity index (χ2n) is 6.21. The van der Waals surface area contributed by atoms with Crippen molar-refractivity contribution in [2.45, 2.75) is 33.2 Å². The molecule has 8 nitrogen and oxygen atoms in total. The van der Waals surface area contributed by atoms with Gasteiger partial charge in [-0.15, -0.1) is 11.3 Å². The van der Waals surface area contributed by atoms with E-state index in [4.69, 9.17) is 4.74 Å². The molecule has 2 aromatic rings. The fraction of sp³-hybridized carbons (Fsp3) is 0.529. The van der Waals surface area contributed by atoms with Gasteiger partial charge in [0.05, 0.1) is 19.8 Å². The van der Waals surface area contributed by atoms with Crippen molar-refractivity contribution >= 4 is 23.2 Å². The van der Waals surface area contributed by atoms with Crippen LogP contribution >= 0.6 is 11.3 Å². The fourth-order valence-electron chi connectivity index (χ4n) is 2.80. The van der Waals surface area contributed by atoms with Gasteiger partial charge in [0.2, 0.25) is 11.9 Å². The predicted octanol–water partition coefficient (Wildman–Crippen LogP) is 0.929. The van der Waals surface area contributed by atoms with E-state index in [0.717, 1.165) is 10.7 Å². The van der Waals surface area contributed by atoms with Crippen molar-refractivity contribution in [3.8, 4) is 0 Å². The number of hydrogen-bond acceptors (Lipinski definition) is 7. The molecule has 3 rings (SSSR count). The van der Waals surface area contributed by atoms with Crippen LogP contribution in [0.1, 0.15) is 28.4 Å². The number of aryl methyl sites for hydroxylation is 2. The summed E-state index contributed by atoms with van der Waals surface area (Å²) in [7, 11) is 0. The summed E-state index contributed by atoms with van der Waals surface area (Å²) < 4.78 is 5.32. The Hall–Kier alpha value is -2.26. The Bertz CT molecular complexity index is 826. The van der Waals surface area contributed by atoms with E-state index in [1.807, 2.05) is 24.1 Å². The van der Waals surface area contributed by atoms with Gasteiger partial charge in [0.1, 0.15) is 5.01 Å². The first-order valence-corrected chi connectivity index (χ1v) is 9.51. The topological polar surface area (TPSA) is 100 Å². The summed E-state index contributed by atoms with van der Waals surface area (Å²) in [6.07, 6.45) is 0.604. The van der Waals surface area contributed by atoms with Crippen LogP contribution in [0.15, 0.2) is 10.2 Å². The van der Waals surface area contributed by atoms with Crippen molar-refractivity contribution in [1.29, 1.82) is 0 Å². The average molecular weight is 377 g/mol. The zero-order valence-electron chi connectivity index (χ0n) is 15.0. The fourth-order valence-corrected chi connectivity index (χ4v) is 3.51. The maximum Gasteiger partial charge on any atom is 0.255 e. The van der Waals surface area contributed by atoms with E-state index in [9.17, 15) is 9.59 Å². The third-order valence-electron chi connectivity index (χ3n) is 4.23. The Kier molecular flexibility index (Phi) is 6.00. The van der Waals surface area contributed by atoms with Gasteiger partial charge < -0.3 is 15.0 Å². The van der Waals surface area contributed by atoms with E-state index in [-0.39, 0.29) is 17.9 Å². The molecule has 0 aromatic carbocycles. The Morgan fingerprint density at radius 1 is 1.35 bits per heavy atom. The van der Waals surface area contributed by atoms with E-state index in [1.54, 1.807) is 0 Å². The van der Waals surface area contributed by atoms with Crippen LogP contribution in [0.5, 0.6) is 0 Å². The van der Waals surface area contributed by atoms with E-state index in [2.05, 4.69) is 20.3 Å². The first kappa shape index (κ1) is 18.5. The summed E-state index contributed by atoms with van der Waals surface area (Å²) in [5.41, 5.74) is 2.00. The second-order valence-corrected chi connectivity index (χ2v) is 7.15. The molecule has 0 spiro atoms. The highest BCUT2D eigenvalue weighted by atomic mass is 32.1. The highest BCUT2D eigenvalue weighted by molar-refractivity contribution is 7.09. The van der Waals surface area contributed by atoms with E-state index >= 15 is 0 Å². The van der Waals surface area contributed by atoms with Crippen LogP contribution in [0.25, 0.3) is 0 Å². The number of carbonyl (C=O) groups excluding carboxylic acids is 1. The van der Waals surface area contributed by atoms with Crippen LogP contribution in [-0.2, 0) is 22.5 Å². The van der Waals surface area contributed by atoms with Crippen LogP contribution in [0.3, 0.4) is 0 Å². The van der Waals surface area contributed by atoms with Crippen molar-refractivity contribution in [3.05, 3.63) is 37.7 Å². The number of carbonyl (C=O) groups is 1. The second kappa shape index (κ2) is 8.41. The molecule has 0 unspecified atom stereocenters. The van der Waals surface area contributed by atoms with Gasteiger partial charge in [-0.3, -0.25) is 14.6 Å². The van der Waals surface area contributed by atoms with Crippen LogP contribution in [0, 0.1) is 13.8 Å². The van der Waals surface area contributed by atoms with Gasteiger partial charge in [-0.1, -0.05) is 0 Å². The number of nitrogens with one attached hydrogen (secondary N) is 2. The lowest BCUT2D eigenvalue weighted by molar-refractivity contribution is -0.121. The molecule has 1 aliphatic rings. The van der Waals surface area contributed by atoms with Gasteiger partial charge in [-0.2, -0.15) is 0 Å². The van der Waals surface area contributed by atoms with Gasteiger partial charge >= 0.3 is 0 Å². The standard InChI is InChI=1S/C17H23N5O3S/c1-11-10-26-15(19-11)9-18-14(23)4-3-13-12(2)20-17(21-16(13)24)22-5-7-25-8-6-22/h10H,3-9H2,1-2H3,(H,18,23)(H,20,21,24). The molecule has 26 heavy (non-hydrogen) atoms. The summed E-state index contributed by atoms with van der Waals surface area (Å²) in [5.74, 6) is 0.469. The van der Waals surface area contributed by atoms with E-state index < -0.39 is 0 Å². The van der Waals surface area contributed by atoms with Crippen LogP contribution in [-0.4, -0.2) is 47.2 Å². The van der Waals surface area contributed by atoms with Crippen molar-refractivity contribution in [2.24, 2.45) is 0 Å². The highest BCUT2D eigenvalue weighted by Gasteiger charge is 2.16. The first-order valence-electron chi connectivity index (χ1n) is 8.63. The predicted molar refractivity (Wildman–Crippen MR) is 99.6 cm³/mol. The Morgan fingerprint density at radius 2 is 2.12 bits per heavy atom. The van der Waals surface area contributed by atoms with Crippen LogP contribution < -0.4 is 15.8 Å². The quantitative estimate of drug-likeness (QED) is 0.777. The Morgan fingerprint density at radius 3 is 2.77 bits per heavy atom. The Balaban J connectivity index is 1.57.